The Kier molecular flexibility index (Phi) is 6.73. The number of imidazole rings is 1. The van der Waals surface area contributed by atoms with Crippen LogP contribution in [-0.2, 0) is 4.79 Å². The monoisotopic (exact) mass is 390 g/mol. The number of hydrogen-bond acceptors (Lipinski definition) is 3. The summed E-state index contributed by atoms with van der Waals surface area (Å²) in [6.07, 6.45) is 15.3. The second-order valence-electron chi connectivity index (χ2n) is 6.36. The average molecular weight is 391 g/mol. The Morgan fingerprint density at radius 2 is 2.15 bits per heavy atom. The summed E-state index contributed by atoms with van der Waals surface area (Å²) < 4.78 is 0.714. The van der Waals surface area contributed by atoms with Gasteiger partial charge in [0.05, 0.1) is 11.9 Å². The van der Waals surface area contributed by atoms with E-state index in [4.69, 9.17) is 11.6 Å². The summed E-state index contributed by atoms with van der Waals surface area (Å²) in [5.41, 5.74) is 2.81. The molecule has 6 heteroatoms. The second kappa shape index (κ2) is 8.60. The molecular weight excluding hydrogens is 368 g/mol. The van der Waals surface area contributed by atoms with Gasteiger partial charge in [0.25, 0.3) is 0 Å². The van der Waals surface area contributed by atoms with Crippen molar-refractivity contribution in [2.75, 3.05) is 0 Å². The molecular formula is C20H23ClN2O2S. The third-order valence-electron chi connectivity index (χ3n) is 3.97. The van der Waals surface area contributed by atoms with Crippen LogP contribution >= 0.6 is 23.4 Å². The molecule has 0 aliphatic heterocycles. The third kappa shape index (κ3) is 4.80. The molecule has 1 aliphatic carbocycles. The normalized spacial score (nSPS) is 22.1. The van der Waals surface area contributed by atoms with Crippen LogP contribution in [0, 0.1) is 0 Å². The van der Waals surface area contributed by atoms with Gasteiger partial charge in [-0.05, 0) is 38.3 Å². The molecule has 1 heterocycles. The van der Waals surface area contributed by atoms with Crippen molar-refractivity contribution in [3.8, 4) is 0 Å². The fourth-order valence-corrected chi connectivity index (χ4v) is 3.49. The van der Waals surface area contributed by atoms with Crippen LogP contribution in [0.25, 0.3) is 5.70 Å². The molecule has 138 valence electrons. The largest absolute Gasteiger partial charge is 0.480 e. The lowest BCUT2D eigenvalue weighted by molar-refractivity contribution is -0.138. The number of carboxylic acids is 1. The number of nitrogens with zero attached hydrogens (tertiary/aromatic N) is 2. The molecule has 0 fully saturated rings. The molecule has 0 spiro atoms. The van der Waals surface area contributed by atoms with Crippen molar-refractivity contribution in [2.24, 2.45) is 0 Å². The van der Waals surface area contributed by atoms with Crippen LogP contribution in [0.15, 0.2) is 65.5 Å². The van der Waals surface area contributed by atoms with Crippen LogP contribution in [0.4, 0.5) is 0 Å². The fraction of sp³-hybridized carbons (Fsp3) is 0.300. The Labute approximate surface area is 163 Å². The molecule has 0 aromatic carbocycles. The molecule has 0 radical (unpaired) electrons. The minimum Gasteiger partial charge on any atom is -0.480 e. The van der Waals surface area contributed by atoms with E-state index in [9.17, 15) is 9.90 Å². The zero-order valence-electron chi connectivity index (χ0n) is 15.2. The van der Waals surface area contributed by atoms with E-state index in [1.807, 2.05) is 24.3 Å². The van der Waals surface area contributed by atoms with Gasteiger partial charge in [-0.25, -0.2) is 4.98 Å². The van der Waals surface area contributed by atoms with E-state index < -0.39 is 10.7 Å². The van der Waals surface area contributed by atoms with Gasteiger partial charge in [0.2, 0.25) is 0 Å². The van der Waals surface area contributed by atoms with E-state index >= 15 is 0 Å². The highest BCUT2D eigenvalue weighted by Gasteiger charge is 2.31. The molecule has 0 atom stereocenters. The standard InChI is InChI=1S/C20H23ClN2O2S/c1-5-15-10-8-6-7-9-14(2)16(12-11-15)23-17(21)13-22-19(23)26-20(3,4)18(24)25/h6-9,11-13H,2,5,10H2,1,3-4H3,(H,24,25)/b8-6-,9-7-,15-11-,16-12+. The zero-order chi connectivity index (χ0) is 19.3. The van der Waals surface area contributed by atoms with Crippen molar-refractivity contribution < 1.29 is 9.90 Å². The van der Waals surface area contributed by atoms with Crippen molar-refractivity contribution in [1.82, 2.24) is 9.55 Å². The van der Waals surface area contributed by atoms with E-state index in [0.717, 1.165) is 35.9 Å². The Balaban J connectivity index is 2.55. The summed E-state index contributed by atoms with van der Waals surface area (Å²) >= 11 is 7.54. The molecule has 0 bridgehead atoms. The first-order valence-electron chi connectivity index (χ1n) is 8.34. The van der Waals surface area contributed by atoms with E-state index in [1.54, 1.807) is 18.4 Å². The lowest BCUT2D eigenvalue weighted by Gasteiger charge is -2.20. The number of aliphatic carboxylic acids is 1. The maximum absolute atomic E-state index is 11.5. The highest BCUT2D eigenvalue weighted by molar-refractivity contribution is 8.01. The first-order valence-corrected chi connectivity index (χ1v) is 9.54. The maximum atomic E-state index is 11.5. The van der Waals surface area contributed by atoms with Crippen LogP contribution in [0.5, 0.6) is 0 Å². The highest BCUT2D eigenvalue weighted by atomic mass is 35.5. The van der Waals surface area contributed by atoms with Crippen molar-refractivity contribution in [3.05, 3.63) is 65.5 Å². The summed E-state index contributed by atoms with van der Waals surface area (Å²) in [6.45, 7) is 9.54. The van der Waals surface area contributed by atoms with E-state index in [1.165, 1.54) is 11.8 Å². The van der Waals surface area contributed by atoms with Crippen molar-refractivity contribution in [3.63, 3.8) is 0 Å². The molecule has 2 rings (SSSR count). The number of halogens is 1. The Morgan fingerprint density at radius 3 is 2.81 bits per heavy atom. The number of rotatable bonds is 5. The van der Waals surface area contributed by atoms with Gasteiger partial charge < -0.3 is 5.11 Å². The molecule has 0 saturated heterocycles. The molecule has 1 aliphatic rings. The van der Waals surface area contributed by atoms with Gasteiger partial charge in [-0.1, -0.05) is 72.8 Å². The fourth-order valence-electron chi connectivity index (χ4n) is 2.28. The predicted octanol–water partition coefficient (Wildman–Crippen LogP) is 5.74. The molecule has 1 aromatic heterocycles. The van der Waals surface area contributed by atoms with Crippen LogP contribution in [0.2, 0.25) is 5.15 Å². The summed E-state index contributed by atoms with van der Waals surface area (Å²) in [5, 5.41) is 10.4. The van der Waals surface area contributed by atoms with Gasteiger partial charge in [-0.2, -0.15) is 0 Å². The number of aromatic nitrogens is 2. The van der Waals surface area contributed by atoms with Crippen LogP contribution in [0.3, 0.4) is 0 Å². The van der Waals surface area contributed by atoms with E-state index in [2.05, 4.69) is 30.6 Å². The maximum Gasteiger partial charge on any atom is 0.319 e. The van der Waals surface area contributed by atoms with Gasteiger partial charge in [0, 0.05) is 0 Å². The van der Waals surface area contributed by atoms with Crippen LogP contribution in [-0.4, -0.2) is 25.4 Å². The van der Waals surface area contributed by atoms with Gasteiger partial charge >= 0.3 is 5.97 Å². The van der Waals surface area contributed by atoms with Gasteiger partial charge in [0.15, 0.2) is 5.16 Å². The predicted molar refractivity (Wildman–Crippen MR) is 109 cm³/mol. The first-order chi connectivity index (χ1) is 12.3. The van der Waals surface area contributed by atoms with Gasteiger partial charge in [-0.3, -0.25) is 9.36 Å². The van der Waals surface area contributed by atoms with Gasteiger partial charge in [-0.15, -0.1) is 0 Å². The molecule has 1 N–H and O–H groups in total. The summed E-state index contributed by atoms with van der Waals surface area (Å²) in [5.74, 6) is -0.912. The number of hydrogen-bond donors (Lipinski definition) is 1. The Hall–Kier alpha value is -1.98. The van der Waals surface area contributed by atoms with E-state index in [-0.39, 0.29) is 0 Å². The topological polar surface area (TPSA) is 55.1 Å². The zero-order valence-corrected chi connectivity index (χ0v) is 16.8. The number of carbonyl (C=O) groups is 1. The molecule has 0 saturated carbocycles. The lowest BCUT2D eigenvalue weighted by atomic mass is 10.1. The quantitative estimate of drug-likeness (QED) is 0.651. The molecule has 26 heavy (non-hydrogen) atoms. The molecule has 0 amide bonds. The minimum absolute atomic E-state index is 0.411. The SMILES string of the molecule is C=C1/C=C\C=C/C/C(CC)=C\C=C/1n1c(Cl)cnc1SC(C)(C)C(=O)O. The molecule has 4 nitrogen and oxygen atoms in total. The van der Waals surface area contributed by atoms with Gasteiger partial charge in [0.1, 0.15) is 9.90 Å². The van der Waals surface area contributed by atoms with Crippen LogP contribution < -0.4 is 0 Å². The van der Waals surface area contributed by atoms with Crippen molar-refractivity contribution in [1.29, 1.82) is 0 Å². The summed E-state index contributed by atoms with van der Waals surface area (Å²) in [4.78, 5) is 15.8. The Bertz CT molecular complexity index is 829. The van der Waals surface area contributed by atoms with Crippen LogP contribution in [0.1, 0.15) is 33.6 Å². The number of allylic oxidation sites excluding steroid dienone is 9. The molecule has 1 aromatic rings. The minimum atomic E-state index is -1.03. The second-order valence-corrected chi connectivity index (χ2v) is 8.34. The highest BCUT2D eigenvalue weighted by Crippen LogP contribution is 2.36. The average Bonchev–Trinajstić information content (AvgIpc) is 2.93. The van der Waals surface area contributed by atoms with Crippen molar-refractivity contribution in [2.45, 2.75) is 43.5 Å². The Morgan fingerprint density at radius 1 is 1.42 bits per heavy atom. The van der Waals surface area contributed by atoms with Crippen molar-refractivity contribution >= 4 is 35.0 Å². The third-order valence-corrected chi connectivity index (χ3v) is 5.40. The first kappa shape index (κ1) is 20.3. The number of carboxylic acid groups (broad SMARTS) is 1. The summed E-state index contributed by atoms with van der Waals surface area (Å²) in [6, 6.07) is 0. The van der Waals surface area contributed by atoms with E-state index in [0.29, 0.717) is 10.3 Å². The molecule has 0 unspecified atom stereocenters. The summed E-state index contributed by atoms with van der Waals surface area (Å²) in [7, 11) is 0. The number of thioether (sulfide) groups is 1. The smallest absolute Gasteiger partial charge is 0.319 e. The lowest BCUT2D eigenvalue weighted by Crippen LogP contribution is -2.27.